The van der Waals surface area contributed by atoms with Crippen LogP contribution in [0.5, 0.6) is 0 Å². The maximum Gasteiger partial charge on any atom is 0.0757 e. The summed E-state index contributed by atoms with van der Waals surface area (Å²) in [4.78, 5) is 0. The molecule has 0 bridgehead atoms. The van der Waals surface area contributed by atoms with Gasteiger partial charge in [0.1, 0.15) is 0 Å². The summed E-state index contributed by atoms with van der Waals surface area (Å²) in [5, 5.41) is 11.6. The molecule has 1 fully saturated rings. The Kier molecular flexibility index (Phi) is 4.12. The van der Waals surface area contributed by atoms with Crippen LogP contribution in [0.3, 0.4) is 0 Å². The standard InChI is InChI=1S/C12H22N4O/c1-4-6-13-12(10-5-7-17-9(10)2)11-8-14-15-16(11)3/h8-10,12-13H,4-7H2,1-3H3. The van der Waals surface area contributed by atoms with E-state index in [2.05, 4.69) is 29.5 Å². The van der Waals surface area contributed by atoms with Crippen molar-refractivity contribution in [2.75, 3.05) is 13.2 Å². The number of hydrogen-bond donors (Lipinski definition) is 1. The molecular formula is C12H22N4O. The van der Waals surface area contributed by atoms with E-state index in [-0.39, 0.29) is 0 Å². The predicted molar refractivity (Wildman–Crippen MR) is 65.6 cm³/mol. The number of hydrogen-bond acceptors (Lipinski definition) is 4. The number of rotatable bonds is 5. The van der Waals surface area contributed by atoms with Crippen molar-refractivity contribution in [3.8, 4) is 0 Å². The average molecular weight is 238 g/mol. The van der Waals surface area contributed by atoms with Crippen LogP contribution < -0.4 is 5.32 Å². The van der Waals surface area contributed by atoms with Gasteiger partial charge in [-0.05, 0) is 26.3 Å². The summed E-state index contributed by atoms with van der Waals surface area (Å²) < 4.78 is 7.53. The molecule has 5 nitrogen and oxygen atoms in total. The molecule has 2 rings (SSSR count). The monoisotopic (exact) mass is 238 g/mol. The van der Waals surface area contributed by atoms with E-state index in [0.717, 1.165) is 31.7 Å². The molecule has 0 radical (unpaired) electrons. The molecular weight excluding hydrogens is 216 g/mol. The van der Waals surface area contributed by atoms with Crippen LogP contribution in [-0.4, -0.2) is 34.2 Å². The summed E-state index contributed by atoms with van der Waals surface area (Å²) in [6.45, 7) is 6.21. The third-order valence-electron chi connectivity index (χ3n) is 3.55. The first-order valence-corrected chi connectivity index (χ1v) is 6.43. The van der Waals surface area contributed by atoms with E-state index in [1.807, 2.05) is 17.9 Å². The Balaban J connectivity index is 2.15. The highest BCUT2D eigenvalue weighted by atomic mass is 16.5. The van der Waals surface area contributed by atoms with Crippen LogP contribution in [0.25, 0.3) is 0 Å². The fourth-order valence-electron chi connectivity index (χ4n) is 2.54. The van der Waals surface area contributed by atoms with Crippen LogP contribution in [0.15, 0.2) is 6.20 Å². The van der Waals surface area contributed by atoms with Gasteiger partial charge in [0.25, 0.3) is 0 Å². The summed E-state index contributed by atoms with van der Waals surface area (Å²) in [5.41, 5.74) is 1.15. The highest BCUT2D eigenvalue weighted by Crippen LogP contribution is 2.32. The average Bonchev–Trinajstić information content (AvgIpc) is 2.90. The second kappa shape index (κ2) is 5.60. The maximum atomic E-state index is 5.67. The van der Waals surface area contributed by atoms with Crippen molar-refractivity contribution in [3.63, 3.8) is 0 Å². The summed E-state index contributed by atoms with van der Waals surface area (Å²) in [7, 11) is 1.95. The van der Waals surface area contributed by atoms with Crippen molar-refractivity contribution in [1.29, 1.82) is 0 Å². The fourth-order valence-corrected chi connectivity index (χ4v) is 2.54. The van der Waals surface area contributed by atoms with Crippen molar-refractivity contribution in [1.82, 2.24) is 20.3 Å². The Labute approximate surface area is 103 Å². The van der Waals surface area contributed by atoms with Gasteiger partial charge < -0.3 is 10.1 Å². The van der Waals surface area contributed by atoms with Crippen LogP contribution in [0.2, 0.25) is 0 Å². The second-order valence-corrected chi connectivity index (χ2v) is 4.74. The molecule has 1 aromatic rings. The predicted octanol–water partition coefficient (Wildman–Crippen LogP) is 1.28. The molecule has 0 saturated carbocycles. The van der Waals surface area contributed by atoms with Crippen molar-refractivity contribution in [2.45, 2.75) is 38.8 Å². The number of nitrogens with zero attached hydrogens (tertiary/aromatic N) is 3. The molecule has 1 saturated heterocycles. The Bertz CT molecular complexity index is 352. The number of aryl methyl sites for hydroxylation is 1. The molecule has 2 heterocycles. The highest BCUT2D eigenvalue weighted by molar-refractivity contribution is 5.06. The lowest BCUT2D eigenvalue weighted by Crippen LogP contribution is -2.33. The molecule has 0 spiro atoms. The maximum absolute atomic E-state index is 5.67. The topological polar surface area (TPSA) is 52.0 Å². The third-order valence-corrected chi connectivity index (χ3v) is 3.55. The Morgan fingerprint density at radius 3 is 3.00 bits per heavy atom. The lowest BCUT2D eigenvalue weighted by Gasteiger charge is -2.26. The van der Waals surface area contributed by atoms with Gasteiger partial charge in [-0.25, -0.2) is 0 Å². The molecule has 17 heavy (non-hydrogen) atoms. The van der Waals surface area contributed by atoms with Gasteiger partial charge in [0.2, 0.25) is 0 Å². The largest absolute Gasteiger partial charge is 0.378 e. The Morgan fingerprint density at radius 2 is 2.47 bits per heavy atom. The van der Waals surface area contributed by atoms with Crippen LogP contribution in [0.4, 0.5) is 0 Å². The summed E-state index contributed by atoms with van der Waals surface area (Å²) in [6.07, 6.45) is 4.40. The fraction of sp³-hybridized carbons (Fsp3) is 0.833. The minimum atomic E-state index is 0.299. The van der Waals surface area contributed by atoms with E-state index in [4.69, 9.17) is 4.74 Å². The Morgan fingerprint density at radius 1 is 1.65 bits per heavy atom. The minimum absolute atomic E-state index is 0.299. The van der Waals surface area contributed by atoms with Gasteiger partial charge in [0.05, 0.1) is 24.0 Å². The zero-order valence-electron chi connectivity index (χ0n) is 10.9. The third kappa shape index (κ3) is 2.66. The van der Waals surface area contributed by atoms with Gasteiger partial charge in [-0.2, -0.15) is 0 Å². The van der Waals surface area contributed by atoms with Gasteiger partial charge in [-0.3, -0.25) is 4.68 Å². The molecule has 0 aliphatic carbocycles. The van der Waals surface area contributed by atoms with Crippen LogP contribution in [0, 0.1) is 5.92 Å². The number of ether oxygens (including phenoxy) is 1. The first-order chi connectivity index (χ1) is 8.24. The molecule has 1 aromatic heterocycles. The van der Waals surface area contributed by atoms with E-state index in [1.54, 1.807) is 0 Å². The van der Waals surface area contributed by atoms with E-state index >= 15 is 0 Å². The van der Waals surface area contributed by atoms with Crippen molar-refractivity contribution >= 4 is 0 Å². The van der Waals surface area contributed by atoms with Crippen molar-refractivity contribution in [3.05, 3.63) is 11.9 Å². The van der Waals surface area contributed by atoms with Crippen molar-refractivity contribution < 1.29 is 4.74 Å². The summed E-state index contributed by atoms with van der Waals surface area (Å²) in [6, 6.07) is 0.299. The SMILES string of the molecule is CCCNC(c1cnnn1C)C1CCOC1C. The van der Waals surface area contributed by atoms with Gasteiger partial charge in [-0.15, -0.1) is 5.10 Å². The molecule has 5 heteroatoms. The normalized spacial score (nSPS) is 26.3. The van der Waals surface area contributed by atoms with Gasteiger partial charge in [-0.1, -0.05) is 12.1 Å². The van der Waals surface area contributed by atoms with E-state index < -0.39 is 0 Å². The van der Waals surface area contributed by atoms with Crippen molar-refractivity contribution in [2.24, 2.45) is 13.0 Å². The van der Waals surface area contributed by atoms with Crippen LogP contribution >= 0.6 is 0 Å². The van der Waals surface area contributed by atoms with E-state index in [9.17, 15) is 0 Å². The molecule has 0 amide bonds. The van der Waals surface area contributed by atoms with Gasteiger partial charge >= 0.3 is 0 Å². The molecule has 0 aromatic carbocycles. The first kappa shape index (κ1) is 12.5. The Hall–Kier alpha value is -0.940. The number of nitrogens with one attached hydrogen (secondary N) is 1. The lowest BCUT2D eigenvalue weighted by atomic mass is 9.91. The zero-order chi connectivity index (χ0) is 12.3. The number of aromatic nitrogens is 3. The first-order valence-electron chi connectivity index (χ1n) is 6.43. The molecule has 96 valence electrons. The summed E-state index contributed by atoms with van der Waals surface area (Å²) >= 11 is 0. The summed E-state index contributed by atoms with van der Waals surface area (Å²) in [5.74, 6) is 0.513. The molecule has 3 unspecified atom stereocenters. The van der Waals surface area contributed by atoms with E-state index in [0.29, 0.717) is 18.1 Å². The van der Waals surface area contributed by atoms with Gasteiger partial charge in [0.15, 0.2) is 0 Å². The van der Waals surface area contributed by atoms with Crippen LogP contribution in [0.1, 0.15) is 38.4 Å². The smallest absolute Gasteiger partial charge is 0.0757 e. The molecule has 3 atom stereocenters. The van der Waals surface area contributed by atoms with Gasteiger partial charge in [0, 0.05) is 19.6 Å². The molecule has 1 aliphatic rings. The molecule has 1 N–H and O–H groups in total. The zero-order valence-corrected chi connectivity index (χ0v) is 10.9. The van der Waals surface area contributed by atoms with Crippen LogP contribution in [-0.2, 0) is 11.8 Å². The lowest BCUT2D eigenvalue weighted by molar-refractivity contribution is 0.0944. The highest BCUT2D eigenvalue weighted by Gasteiger charge is 2.34. The molecule has 1 aliphatic heterocycles. The minimum Gasteiger partial charge on any atom is -0.378 e. The quantitative estimate of drug-likeness (QED) is 0.839. The second-order valence-electron chi connectivity index (χ2n) is 4.74. The van der Waals surface area contributed by atoms with E-state index in [1.165, 1.54) is 0 Å².